The summed E-state index contributed by atoms with van der Waals surface area (Å²) in [4.78, 5) is 51.6. The number of amides is 4. The summed E-state index contributed by atoms with van der Waals surface area (Å²) in [6, 6.07) is 8.72. The molecule has 0 bridgehead atoms. The van der Waals surface area contributed by atoms with E-state index in [-0.39, 0.29) is 28.5 Å². The number of nitrogens with one attached hydrogen (secondary N) is 1. The summed E-state index contributed by atoms with van der Waals surface area (Å²) in [5.41, 5.74) is -2.49. The van der Waals surface area contributed by atoms with Crippen molar-refractivity contribution in [3.05, 3.63) is 69.7 Å². The van der Waals surface area contributed by atoms with E-state index < -0.39 is 51.0 Å². The molecule has 2 aliphatic heterocycles. The lowest BCUT2D eigenvalue weighted by atomic mass is 9.21. The van der Waals surface area contributed by atoms with Crippen molar-refractivity contribution in [2.24, 2.45) is 0 Å². The number of hydrogen-bond acceptors (Lipinski definition) is 4. The molecule has 2 aromatic carbocycles. The van der Waals surface area contributed by atoms with Gasteiger partial charge in [-0.2, -0.15) is 8.78 Å². The molecule has 178 valence electrons. The van der Waals surface area contributed by atoms with Crippen molar-refractivity contribution in [3.8, 4) is 0 Å². The average Bonchev–Trinajstić information content (AvgIpc) is 3.20. The first kappa shape index (κ1) is 28.1. The quantitative estimate of drug-likeness (QED) is 0.442. The van der Waals surface area contributed by atoms with Crippen LogP contribution in [0.3, 0.4) is 0 Å². The molecule has 12 radical (unpaired) electrons. The lowest BCUT2D eigenvalue weighted by Crippen LogP contribution is -2.75. The smallest absolute Gasteiger partial charge is 0.346 e. The van der Waals surface area contributed by atoms with Crippen LogP contribution in [0.2, 0.25) is 15.5 Å². The van der Waals surface area contributed by atoms with E-state index in [1.54, 1.807) is 0 Å². The van der Waals surface area contributed by atoms with Crippen molar-refractivity contribution in [1.29, 1.82) is 0 Å². The minimum Gasteiger partial charge on any atom is -0.346 e. The largest absolute Gasteiger partial charge is 0.349 e. The van der Waals surface area contributed by atoms with Gasteiger partial charge in [-0.3, -0.25) is 19.2 Å². The first-order valence-electron chi connectivity index (χ1n) is 10.9. The predicted octanol–water partition coefficient (Wildman–Crippen LogP) is -0.0725. The maximum Gasteiger partial charge on any atom is 0.349 e. The summed E-state index contributed by atoms with van der Waals surface area (Å²) in [7, 11) is 35.4. The number of hydrogen-bond donors (Lipinski definition) is 1. The molecule has 0 unspecified atom stereocenters. The summed E-state index contributed by atoms with van der Waals surface area (Å²) in [5, 5.41) is -2.92. The Morgan fingerprint density at radius 2 is 1.61 bits per heavy atom. The minimum atomic E-state index is -3.84. The molecule has 1 saturated heterocycles. The Balaban J connectivity index is 1.56. The fraction of sp³-hybridized carbons (Fsp3) is 0.273. The Morgan fingerprint density at radius 1 is 1.00 bits per heavy atom. The highest BCUT2D eigenvalue weighted by atomic mass is 35.5. The second kappa shape index (κ2) is 9.07. The first-order valence-corrected chi connectivity index (χ1v) is 11.3. The van der Waals surface area contributed by atoms with E-state index in [1.165, 1.54) is 30.3 Å². The second-order valence-corrected chi connectivity index (χ2v) is 9.57. The summed E-state index contributed by atoms with van der Waals surface area (Å²) in [6.07, 6.45) is 0. The molecule has 7 nitrogen and oxygen atoms in total. The average molecular weight is 521 g/mol. The highest BCUT2D eigenvalue weighted by Gasteiger charge is 2.64. The van der Waals surface area contributed by atoms with E-state index in [0.29, 0.717) is 11.1 Å². The SMILES string of the molecule is [B]N1C(=O)C([B])([B])C([B])([B])[C@]([B])(N2Cc3cc(CNC(=O)C(F)(F)c4ccc(Cl)cc4)ccc3C2=O)C1=O. The van der Waals surface area contributed by atoms with Crippen molar-refractivity contribution in [3.63, 3.8) is 0 Å². The maximum absolute atomic E-state index is 14.6. The molecule has 0 aromatic heterocycles. The van der Waals surface area contributed by atoms with Crippen LogP contribution in [-0.2, 0) is 33.4 Å². The molecular formula is C22H12B6ClF2N3O4. The minimum absolute atomic E-state index is 0.0516. The zero-order chi connectivity index (χ0) is 28.4. The topological polar surface area (TPSA) is 86.8 Å². The molecule has 1 N–H and O–H groups in total. The van der Waals surface area contributed by atoms with Gasteiger partial charge in [0, 0.05) is 29.2 Å². The molecule has 1 atom stereocenters. The normalized spacial score (nSPS) is 22.3. The molecule has 2 heterocycles. The van der Waals surface area contributed by atoms with Crippen LogP contribution < -0.4 is 5.32 Å². The number of halogens is 3. The number of alkyl halides is 2. The first-order chi connectivity index (χ1) is 17.5. The third-order valence-corrected chi connectivity index (χ3v) is 7.03. The van der Waals surface area contributed by atoms with Crippen LogP contribution in [-0.4, -0.2) is 86.0 Å². The van der Waals surface area contributed by atoms with Gasteiger partial charge in [0.15, 0.2) is 0 Å². The summed E-state index contributed by atoms with van der Waals surface area (Å²) in [5.74, 6) is -8.84. The van der Waals surface area contributed by atoms with Gasteiger partial charge in [-0.15, -0.1) is 0 Å². The van der Waals surface area contributed by atoms with E-state index in [1.807, 2.05) is 0 Å². The molecule has 0 spiro atoms. The number of piperidine rings is 1. The Bertz CT molecular complexity index is 1380. The van der Waals surface area contributed by atoms with Gasteiger partial charge in [-0.1, -0.05) is 41.1 Å². The van der Waals surface area contributed by atoms with Gasteiger partial charge in [0.2, 0.25) is 19.8 Å². The monoisotopic (exact) mass is 521 g/mol. The van der Waals surface area contributed by atoms with Crippen molar-refractivity contribution < 1.29 is 28.0 Å². The molecule has 1 fully saturated rings. The van der Waals surface area contributed by atoms with Crippen molar-refractivity contribution in [2.75, 3.05) is 0 Å². The number of carbonyl (C=O) groups excluding carboxylic acids is 4. The van der Waals surface area contributed by atoms with Crippen molar-refractivity contribution >= 4 is 82.4 Å². The Hall–Kier alpha value is -2.94. The molecule has 2 aromatic rings. The zero-order valence-electron chi connectivity index (χ0n) is 19.6. The van der Waals surface area contributed by atoms with Crippen LogP contribution in [0.1, 0.15) is 27.0 Å². The van der Waals surface area contributed by atoms with Gasteiger partial charge < -0.3 is 15.0 Å². The fourth-order valence-corrected chi connectivity index (χ4v) is 4.46. The maximum atomic E-state index is 14.6. The lowest BCUT2D eigenvalue weighted by molar-refractivity contribution is -0.149. The van der Waals surface area contributed by atoms with Gasteiger partial charge in [-0.05, 0) is 34.5 Å². The number of nitrogens with zero attached hydrogens (tertiary/aromatic N) is 2. The lowest BCUT2D eigenvalue weighted by Gasteiger charge is -2.62. The number of benzene rings is 2. The van der Waals surface area contributed by atoms with Crippen LogP contribution in [0.5, 0.6) is 0 Å². The van der Waals surface area contributed by atoms with Gasteiger partial charge in [0.25, 0.3) is 11.8 Å². The predicted molar refractivity (Wildman–Crippen MR) is 138 cm³/mol. The molecule has 4 amide bonds. The molecule has 4 rings (SSSR count). The van der Waals surface area contributed by atoms with Crippen LogP contribution in [0.15, 0.2) is 42.5 Å². The molecule has 0 aliphatic carbocycles. The molecule has 16 heteroatoms. The molecule has 38 heavy (non-hydrogen) atoms. The number of imide groups is 1. The van der Waals surface area contributed by atoms with E-state index >= 15 is 0 Å². The third-order valence-electron chi connectivity index (χ3n) is 6.78. The van der Waals surface area contributed by atoms with Gasteiger partial charge in [0.05, 0.1) is 36.8 Å². The number of carbonyl (C=O) groups is 4. The van der Waals surface area contributed by atoms with Crippen molar-refractivity contribution in [2.45, 2.75) is 34.9 Å². The number of rotatable bonds is 5. The summed E-state index contributed by atoms with van der Waals surface area (Å²) < 4.78 is 29.1. The highest BCUT2D eigenvalue weighted by molar-refractivity contribution is 6.68. The third kappa shape index (κ3) is 3.92. The fourth-order valence-electron chi connectivity index (χ4n) is 4.34. The molecular weight excluding hydrogens is 509 g/mol. The Labute approximate surface area is 229 Å². The van der Waals surface area contributed by atoms with Crippen molar-refractivity contribution in [1.82, 2.24) is 15.0 Å². The summed E-state index contributed by atoms with van der Waals surface area (Å²) >= 11 is 5.71. The standard InChI is InChI=1S/C22H12B6ClF2N3O4/c23-20(24)17(37)34(28)18(38)21(25,22(20,26)27)33-9-11-7-10(1-6-14(11)15(33)35)8-32-16(36)19(30,31)12-2-4-13(29)5-3-12/h1-7H,8-9H2,(H,32,36)/t21-/m1/s1. The van der Waals surface area contributed by atoms with Gasteiger partial charge in [-0.25, -0.2) is 0 Å². The van der Waals surface area contributed by atoms with Gasteiger partial charge in [0.1, 0.15) is 7.85 Å². The van der Waals surface area contributed by atoms with E-state index in [4.69, 9.17) is 58.8 Å². The zero-order valence-corrected chi connectivity index (χ0v) is 20.3. The van der Waals surface area contributed by atoms with Crippen LogP contribution >= 0.6 is 11.6 Å². The highest BCUT2D eigenvalue weighted by Crippen LogP contribution is 2.56. The second-order valence-electron chi connectivity index (χ2n) is 9.13. The number of fused-ring (bicyclic) bond motifs is 1. The van der Waals surface area contributed by atoms with E-state index in [9.17, 15) is 28.0 Å². The Morgan fingerprint density at radius 3 is 2.21 bits per heavy atom. The van der Waals surface area contributed by atoms with Crippen LogP contribution in [0.25, 0.3) is 0 Å². The molecule has 0 saturated carbocycles. The van der Waals surface area contributed by atoms with Crippen LogP contribution in [0, 0.1) is 0 Å². The Kier molecular flexibility index (Phi) is 6.70. The molecule has 2 aliphatic rings. The van der Waals surface area contributed by atoms with Crippen LogP contribution in [0.4, 0.5) is 8.78 Å². The van der Waals surface area contributed by atoms with E-state index in [2.05, 4.69) is 5.32 Å². The van der Waals surface area contributed by atoms with Gasteiger partial charge >= 0.3 is 5.92 Å². The summed E-state index contributed by atoms with van der Waals surface area (Å²) in [6.45, 7) is -0.679. The van der Waals surface area contributed by atoms with E-state index in [0.717, 1.165) is 17.0 Å².